The van der Waals surface area contributed by atoms with E-state index in [0.29, 0.717) is 0 Å². The number of carbonyl (C=O) groups excluding carboxylic acids is 3. The van der Waals surface area contributed by atoms with Gasteiger partial charge in [0.15, 0.2) is 6.10 Å². The molecule has 1 fully saturated rings. The molecule has 0 spiro atoms. The molecule has 0 bridgehead atoms. The molecule has 0 aromatic heterocycles. The Hall–Kier alpha value is -2.51. The van der Waals surface area contributed by atoms with Crippen LogP contribution in [0.4, 0.5) is 0 Å². The largest absolute Gasteiger partial charge is 0.448 e. The number of ketones is 1. The van der Waals surface area contributed by atoms with Crippen LogP contribution in [0.15, 0.2) is 36.4 Å². The van der Waals surface area contributed by atoms with Gasteiger partial charge in [0.2, 0.25) is 5.78 Å². The zero-order valence-electron chi connectivity index (χ0n) is 11.4. The third kappa shape index (κ3) is 3.57. The van der Waals surface area contributed by atoms with Crippen LogP contribution in [0.5, 0.6) is 0 Å². The molecule has 0 aliphatic carbocycles. The van der Waals surface area contributed by atoms with E-state index in [0.717, 1.165) is 11.6 Å². The second kappa shape index (κ2) is 6.97. The highest BCUT2D eigenvalue weighted by Crippen LogP contribution is 2.17. The number of aliphatic hydroxyl groups is 2. The summed E-state index contributed by atoms with van der Waals surface area (Å²) in [6, 6.07) is 8.89. The third-order valence-corrected chi connectivity index (χ3v) is 2.98. The van der Waals surface area contributed by atoms with Gasteiger partial charge >= 0.3 is 11.9 Å². The maximum absolute atomic E-state index is 11.8. The summed E-state index contributed by atoms with van der Waals surface area (Å²) in [5, 5.41) is 18.1. The zero-order valence-corrected chi connectivity index (χ0v) is 11.4. The van der Waals surface area contributed by atoms with Crippen molar-refractivity contribution >= 4 is 23.8 Å². The van der Waals surface area contributed by atoms with Crippen LogP contribution in [0.25, 0.3) is 6.08 Å². The lowest BCUT2D eigenvalue weighted by molar-refractivity contribution is -0.159. The molecule has 22 heavy (non-hydrogen) atoms. The fourth-order valence-corrected chi connectivity index (χ4v) is 1.86. The average Bonchev–Trinajstić information content (AvgIpc) is 2.81. The molecule has 0 saturated carbocycles. The van der Waals surface area contributed by atoms with Gasteiger partial charge in [0.05, 0.1) is 6.61 Å². The molecule has 1 heterocycles. The average molecular weight is 306 g/mol. The molecule has 116 valence electrons. The van der Waals surface area contributed by atoms with Gasteiger partial charge in [-0.3, -0.25) is 4.79 Å². The standard InChI is InChI=1S/C15H14O7/c16-8-10(17)13-12(19)14(15(20)22-13)21-11(18)7-6-9-4-2-1-3-5-9/h1-7,10,13-14,16-17H,8H2/t10-,13+,14?/m0/s1. The first-order chi connectivity index (χ1) is 10.5. The Kier molecular flexibility index (Phi) is 5.03. The predicted octanol–water partition coefficient (Wildman–Crippen LogP) is -0.541. The number of hydrogen-bond donors (Lipinski definition) is 2. The molecule has 1 aromatic carbocycles. The van der Waals surface area contributed by atoms with Crippen molar-refractivity contribution in [1.29, 1.82) is 0 Å². The van der Waals surface area contributed by atoms with E-state index >= 15 is 0 Å². The summed E-state index contributed by atoms with van der Waals surface area (Å²) in [4.78, 5) is 34.9. The van der Waals surface area contributed by atoms with Crippen LogP contribution < -0.4 is 0 Å². The van der Waals surface area contributed by atoms with Crippen LogP contribution in [0.2, 0.25) is 0 Å². The van der Waals surface area contributed by atoms with Crippen LogP contribution in [0.1, 0.15) is 5.56 Å². The smallest absolute Gasteiger partial charge is 0.356 e. The van der Waals surface area contributed by atoms with Crippen molar-refractivity contribution < 1.29 is 34.1 Å². The van der Waals surface area contributed by atoms with Crippen molar-refractivity contribution in [2.45, 2.75) is 18.3 Å². The summed E-state index contributed by atoms with van der Waals surface area (Å²) in [7, 11) is 0. The fraction of sp³-hybridized carbons (Fsp3) is 0.267. The minimum Gasteiger partial charge on any atom is -0.448 e. The van der Waals surface area contributed by atoms with Gasteiger partial charge in [-0.05, 0) is 11.6 Å². The highest BCUT2D eigenvalue weighted by atomic mass is 16.6. The predicted molar refractivity (Wildman–Crippen MR) is 73.3 cm³/mol. The highest BCUT2D eigenvalue weighted by molar-refractivity contribution is 6.11. The van der Waals surface area contributed by atoms with Gasteiger partial charge < -0.3 is 19.7 Å². The maximum atomic E-state index is 11.8. The Morgan fingerprint density at radius 3 is 2.64 bits per heavy atom. The quantitative estimate of drug-likeness (QED) is 0.427. The second-order valence-electron chi connectivity index (χ2n) is 4.57. The lowest BCUT2D eigenvalue weighted by Crippen LogP contribution is -2.38. The summed E-state index contributed by atoms with van der Waals surface area (Å²) >= 11 is 0. The van der Waals surface area contributed by atoms with Crippen molar-refractivity contribution in [2.75, 3.05) is 6.61 Å². The Balaban J connectivity index is 1.98. The molecule has 1 aliphatic heterocycles. The second-order valence-corrected chi connectivity index (χ2v) is 4.57. The minimum absolute atomic E-state index is 0.744. The summed E-state index contributed by atoms with van der Waals surface area (Å²) in [5.74, 6) is -2.85. The molecule has 3 atom stereocenters. The first kappa shape index (κ1) is 15.9. The topological polar surface area (TPSA) is 110 Å². The maximum Gasteiger partial charge on any atom is 0.356 e. The number of ether oxygens (including phenoxy) is 2. The van der Waals surface area contributed by atoms with Crippen molar-refractivity contribution in [3.8, 4) is 0 Å². The number of aliphatic hydroxyl groups excluding tert-OH is 2. The first-order valence-electron chi connectivity index (χ1n) is 6.50. The fourth-order valence-electron chi connectivity index (χ4n) is 1.86. The van der Waals surface area contributed by atoms with Crippen LogP contribution in [-0.4, -0.2) is 52.9 Å². The van der Waals surface area contributed by atoms with Gasteiger partial charge in [-0.2, -0.15) is 0 Å². The van der Waals surface area contributed by atoms with E-state index < -0.39 is 42.6 Å². The summed E-state index contributed by atoms with van der Waals surface area (Å²) in [5.41, 5.74) is 0.744. The normalized spacial score (nSPS) is 22.6. The van der Waals surface area contributed by atoms with Crippen molar-refractivity contribution in [2.24, 2.45) is 0 Å². The van der Waals surface area contributed by atoms with Gasteiger partial charge in [-0.25, -0.2) is 9.59 Å². The van der Waals surface area contributed by atoms with Crippen molar-refractivity contribution in [3.63, 3.8) is 0 Å². The number of cyclic esters (lactones) is 1. The Morgan fingerprint density at radius 2 is 2.00 bits per heavy atom. The van der Waals surface area contributed by atoms with E-state index in [1.165, 1.54) is 6.08 Å². The molecular weight excluding hydrogens is 292 g/mol. The third-order valence-electron chi connectivity index (χ3n) is 2.98. The molecule has 1 aromatic rings. The van der Waals surface area contributed by atoms with Gasteiger partial charge in [0, 0.05) is 6.08 Å². The molecule has 1 saturated heterocycles. The molecule has 2 N–H and O–H groups in total. The van der Waals surface area contributed by atoms with Gasteiger partial charge in [0.1, 0.15) is 6.10 Å². The molecule has 1 aliphatic rings. The molecular formula is C15H14O7. The molecule has 2 rings (SSSR count). The molecule has 7 heteroatoms. The van der Waals surface area contributed by atoms with E-state index in [2.05, 4.69) is 4.74 Å². The zero-order chi connectivity index (χ0) is 16.1. The lowest BCUT2D eigenvalue weighted by atomic mass is 10.1. The van der Waals surface area contributed by atoms with E-state index in [4.69, 9.17) is 9.84 Å². The molecule has 0 radical (unpaired) electrons. The van der Waals surface area contributed by atoms with Gasteiger partial charge in [-0.15, -0.1) is 0 Å². The lowest BCUT2D eigenvalue weighted by Gasteiger charge is -2.11. The summed E-state index contributed by atoms with van der Waals surface area (Å²) < 4.78 is 9.34. The van der Waals surface area contributed by atoms with E-state index in [9.17, 15) is 19.5 Å². The van der Waals surface area contributed by atoms with E-state index in [1.807, 2.05) is 6.07 Å². The van der Waals surface area contributed by atoms with Crippen LogP contribution in [0.3, 0.4) is 0 Å². The van der Waals surface area contributed by atoms with Crippen LogP contribution in [-0.2, 0) is 23.9 Å². The van der Waals surface area contributed by atoms with Crippen LogP contribution in [0, 0.1) is 0 Å². The number of benzene rings is 1. The highest BCUT2D eigenvalue weighted by Gasteiger charge is 2.49. The Labute approximate surface area is 125 Å². The van der Waals surface area contributed by atoms with E-state index in [-0.39, 0.29) is 0 Å². The number of rotatable bonds is 5. The van der Waals surface area contributed by atoms with Crippen molar-refractivity contribution in [3.05, 3.63) is 42.0 Å². The SMILES string of the molecule is O=C(C=Cc1ccccc1)OC1C(=O)O[C@H]([C@@H](O)CO)C1=O. The van der Waals surface area contributed by atoms with Gasteiger partial charge in [-0.1, -0.05) is 30.3 Å². The number of hydrogen-bond acceptors (Lipinski definition) is 7. The molecule has 0 amide bonds. The van der Waals surface area contributed by atoms with E-state index in [1.54, 1.807) is 24.3 Å². The number of carbonyl (C=O) groups is 3. The Bertz CT molecular complexity index is 593. The monoisotopic (exact) mass is 306 g/mol. The molecule has 1 unspecified atom stereocenters. The van der Waals surface area contributed by atoms with Crippen LogP contribution >= 0.6 is 0 Å². The Morgan fingerprint density at radius 1 is 1.32 bits per heavy atom. The van der Waals surface area contributed by atoms with Gasteiger partial charge in [0.25, 0.3) is 6.10 Å². The number of esters is 2. The summed E-state index contributed by atoms with van der Waals surface area (Å²) in [6.07, 6.45) is -2.24. The number of Topliss-reactive ketones (excluding diaryl/α,β-unsaturated/α-hetero) is 1. The first-order valence-corrected chi connectivity index (χ1v) is 6.50. The molecule has 7 nitrogen and oxygen atoms in total. The summed E-state index contributed by atoms with van der Waals surface area (Å²) in [6.45, 7) is -0.752. The minimum atomic E-state index is -1.72. The van der Waals surface area contributed by atoms with Crippen molar-refractivity contribution in [1.82, 2.24) is 0 Å².